The number of benzene rings is 3. The van der Waals surface area contributed by atoms with Crippen LogP contribution in [0, 0.1) is 0 Å². The Kier molecular flexibility index (Phi) is 5.46. The minimum atomic E-state index is -3.38. The van der Waals surface area contributed by atoms with Gasteiger partial charge in [-0.05, 0) is 54.4 Å². The second-order valence-electron chi connectivity index (χ2n) is 6.39. The van der Waals surface area contributed by atoms with Crippen LogP contribution in [0.15, 0.2) is 66.7 Å². The Bertz CT molecular complexity index is 1080. The fraction of sp³-hybridized carbons (Fsp3) is 0.190. The maximum Gasteiger partial charge on any atom is 0.251 e. The van der Waals surface area contributed by atoms with Crippen molar-refractivity contribution in [2.24, 2.45) is 0 Å². The minimum Gasteiger partial charge on any atom is -0.346 e. The van der Waals surface area contributed by atoms with Crippen LogP contribution in [0.25, 0.3) is 10.8 Å². The van der Waals surface area contributed by atoms with E-state index in [1.807, 2.05) is 43.3 Å². The zero-order valence-electron chi connectivity index (χ0n) is 15.3. The summed E-state index contributed by atoms with van der Waals surface area (Å²) in [6, 6.07) is 20.5. The summed E-state index contributed by atoms with van der Waals surface area (Å²) in [4.78, 5) is 12.6. The third-order valence-electron chi connectivity index (χ3n) is 4.40. The Morgan fingerprint density at radius 1 is 0.963 bits per heavy atom. The van der Waals surface area contributed by atoms with Gasteiger partial charge in [-0.2, -0.15) is 0 Å². The molecule has 27 heavy (non-hydrogen) atoms. The number of carbonyl (C=O) groups is 1. The van der Waals surface area contributed by atoms with Crippen molar-refractivity contribution in [3.05, 3.63) is 77.9 Å². The number of rotatable bonds is 6. The lowest BCUT2D eigenvalue weighted by Crippen LogP contribution is -2.26. The van der Waals surface area contributed by atoms with Gasteiger partial charge in [0.1, 0.15) is 0 Å². The Labute approximate surface area is 159 Å². The van der Waals surface area contributed by atoms with Crippen molar-refractivity contribution in [3.63, 3.8) is 0 Å². The molecule has 6 heteroatoms. The van der Waals surface area contributed by atoms with Crippen molar-refractivity contribution in [2.75, 3.05) is 10.5 Å². The number of nitrogens with one attached hydrogen (secondary N) is 2. The summed E-state index contributed by atoms with van der Waals surface area (Å²) in [5, 5.41) is 5.23. The van der Waals surface area contributed by atoms with Crippen LogP contribution < -0.4 is 10.0 Å². The summed E-state index contributed by atoms with van der Waals surface area (Å²) in [5.74, 6) is -0.282. The predicted octanol–water partition coefficient (Wildman–Crippen LogP) is 4.09. The molecular weight excluding hydrogens is 360 g/mol. The highest BCUT2D eigenvalue weighted by atomic mass is 32.2. The lowest BCUT2D eigenvalue weighted by atomic mass is 10.0. The van der Waals surface area contributed by atoms with E-state index in [4.69, 9.17) is 0 Å². The third kappa shape index (κ3) is 4.65. The van der Waals surface area contributed by atoms with Gasteiger partial charge in [0.05, 0.1) is 11.8 Å². The molecule has 0 saturated carbocycles. The van der Waals surface area contributed by atoms with Gasteiger partial charge in [0.25, 0.3) is 5.91 Å². The monoisotopic (exact) mass is 382 g/mol. The van der Waals surface area contributed by atoms with Crippen LogP contribution in [-0.4, -0.2) is 20.1 Å². The van der Waals surface area contributed by atoms with Crippen LogP contribution in [0.3, 0.4) is 0 Å². The van der Waals surface area contributed by atoms with Gasteiger partial charge in [0.2, 0.25) is 10.0 Å². The standard InChI is InChI=1S/C21H22N2O3S/c1-3-27(25,26)23-20-10-6-9-19(14-20)21(24)22-15(2)17-12-11-16-7-4-5-8-18(16)13-17/h4-15,23H,3H2,1-2H3,(H,22,24). The Balaban J connectivity index is 1.76. The maximum absolute atomic E-state index is 12.6. The molecule has 140 valence electrons. The zero-order valence-corrected chi connectivity index (χ0v) is 16.1. The number of hydrogen-bond donors (Lipinski definition) is 2. The first-order valence-corrected chi connectivity index (χ1v) is 10.4. The molecular formula is C21H22N2O3S. The van der Waals surface area contributed by atoms with E-state index in [1.54, 1.807) is 25.1 Å². The lowest BCUT2D eigenvalue weighted by Gasteiger charge is -2.16. The van der Waals surface area contributed by atoms with Gasteiger partial charge >= 0.3 is 0 Å². The molecule has 1 atom stereocenters. The van der Waals surface area contributed by atoms with E-state index in [0.717, 1.165) is 16.3 Å². The Morgan fingerprint density at radius 3 is 2.44 bits per heavy atom. The number of amides is 1. The van der Waals surface area contributed by atoms with Crippen molar-refractivity contribution >= 4 is 32.4 Å². The molecule has 2 N–H and O–H groups in total. The van der Waals surface area contributed by atoms with E-state index < -0.39 is 10.0 Å². The van der Waals surface area contributed by atoms with E-state index in [1.165, 1.54) is 6.07 Å². The normalized spacial score (nSPS) is 12.5. The smallest absolute Gasteiger partial charge is 0.251 e. The molecule has 3 rings (SSSR count). The average Bonchev–Trinajstić information content (AvgIpc) is 2.67. The highest BCUT2D eigenvalue weighted by molar-refractivity contribution is 7.92. The topological polar surface area (TPSA) is 75.3 Å². The Hall–Kier alpha value is -2.86. The number of sulfonamides is 1. The summed E-state index contributed by atoms with van der Waals surface area (Å²) in [6.07, 6.45) is 0. The summed E-state index contributed by atoms with van der Waals surface area (Å²) < 4.78 is 25.9. The van der Waals surface area contributed by atoms with Crippen molar-refractivity contribution in [2.45, 2.75) is 19.9 Å². The van der Waals surface area contributed by atoms with Crippen LogP contribution in [0.2, 0.25) is 0 Å². The van der Waals surface area contributed by atoms with Crippen LogP contribution in [0.4, 0.5) is 5.69 Å². The van der Waals surface area contributed by atoms with E-state index in [2.05, 4.69) is 16.1 Å². The zero-order chi connectivity index (χ0) is 19.4. The third-order valence-corrected chi connectivity index (χ3v) is 5.71. The van der Waals surface area contributed by atoms with Gasteiger partial charge in [-0.1, -0.05) is 42.5 Å². The first-order chi connectivity index (χ1) is 12.9. The molecule has 0 saturated heterocycles. The largest absolute Gasteiger partial charge is 0.346 e. The van der Waals surface area contributed by atoms with E-state index in [0.29, 0.717) is 11.3 Å². The maximum atomic E-state index is 12.6. The summed E-state index contributed by atoms with van der Waals surface area (Å²) in [5.41, 5.74) is 1.78. The van der Waals surface area contributed by atoms with Gasteiger partial charge in [-0.25, -0.2) is 8.42 Å². The Morgan fingerprint density at radius 2 is 1.70 bits per heavy atom. The number of anilines is 1. The first-order valence-electron chi connectivity index (χ1n) is 8.78. The van der Waals surface area contributed by atoms with Crippen molar-refractivity contribution in [3.8, 4) is 0 Å². The average molecular weight is 382 g/mol. The van der Waals surface area contributed by atoms with E-state index >= 15 is 0 Å². The van der Waals surface area contributed by atoms with Gasteiger partial charge in [-0.15, -0.1) is 0 Å². The minimum absolute atomic E-state index is 0.0254. The van der Waals surface area contributed by atoms with Crippen molar-refractivity contribution < 1.29 is 13.2 Å². The summed E-state index contributed by atoms with van der Waals surface area (Å²) in [7, 11) is -3.38. The number of fused-ring (bicyclic) bond motifs is 1. The predicted molar refractivity (Wildman–Crippen MR) is 109 cm³/mol. The first kappa shape index (κ1) is 18.9. The number of carbonyl (C=O) groups excluding carboxylic acids is 1. The van der Waals surface area contributed by atoms with Crippen molar-refractivity contribution in [1.29, 1.82) is 0 Å². The molecule has 0 fully saturated rings. The quantitative estimate of drug-likeness (QED) is 0.674. The summed E-state index contributed by atoms with van der Waals surface area (Å²) in [6.45, 7) is 3.48. The molecule has 5 nitrogen and oxygen atoms in total. The molecule has 0 aromatic heterocycles. The van der Waals surface area contributed by atoms with Crippen LogP contribution in [0.1, 0.15) is 35.8 Å². The molecule has 0 aliphatic carbocycles. The molecule has 3 aromatic carbocycles. The molecule has 0 heterocycles. The second kappa shape index (κ2) is 7.80. The van der Waals surface area contributed by atoms with Gasteiger partial charge in [-0.3, -0.25) is 9.52 Å². The molecule has 1 unspecified atom stereocenters. The second-order valence-corrected chi connectivity index (χ2v) is 8.40. The van der Waals surface area contributed by atoms with Crippen LogP contribution in [0.5, 0.6) is 0 Å². The van der Waals surface area contributed by atoms with Gasteiger partial charge in [0.15, 0.2) is 0 Å². The van der Waals surface area contributed by atoms with E-state index in [-0.39, 0.29) is 17.7 Å². The van der Waals surface area contributed by atoms with Gasteiger partial charge in [0, 0.05) is 11.3 Å². The SMILES string of the molecule is CCS(=O)(=O)Nc1cccc(C(=O)NC(C)c2ccc3ccccc3c2)c1. The highest BCUT2D eigenvalue weighted by Crippen LogP contribution is 2.21. The van der Waals surface area contributed by atoms with Crippen LogP contribution in [-0.2, 0) is 10.0 Å². The highest BCUT2D eigenvalue weighted by Gasteiger charge is 2.13. The van der Waals surface area contributed by atoms with Crippen LogP contribution >= 0.6 is 0 Å². The number of hydrogen-bond acceptors (Lipinski definition) is 3. The van der Waals surface area contributed by atoms with E-state index in [9.17, 15) is 13.2 Å². The molecule has 0 aliphatic rings. The molecule has 0 bridgehead atoms. The molecule has 1 amide bonds. The fourth-order valence-corrected chi connectivity index (χ4v) is 3.45. The molecule has 0 aliphatic heterocycles. The molecule has 0 radical (unpaired) electrons. The molecule has 0 spiro atoms. The summed E-state index contributed by atoms with van der Waals surface area (Å²) >= 11 is 0. The van der Waals surface area contributed by atoms with Gasteiger partial charge < -0.3 is 5.32 Å². The molecule has 3 aromatic rings. The van der Waals surface area contributed by atoms with Crippen molar-refractivity contribution in [1.82, 2.24) is 5.32 Å². The fourth-order valence-electron chi connectivity index (χ4n) is 2.82. The lowest BCUT2D eigenvalue weighted by molar-refractivity contribution is 0.0940.